The predicted molar refractivity (Wildman–Crippen MR) is 89.1 cm³/mol. The normalized spacial score (nSPS) is 15.7. The Hall–Kier alpha value is -2.97. The number of nitrogens with one attached hydrogen (secondary N) is 1. The molecular formula is C16H18N6O3. The van der Waals surface area contributed by atoms with E-state index in [0.717, 1.165) is 25.7 Å². The average molecular weight is 342 g/mol. The van der Waals surface area contributed by atoms with Crippen molar-refractivity contribution in [2.24, 2.45) is 0 Å². The van der Waals surface area contributed by atoms with Crippen LogP contribution < -0.4 is 5.56 Å². The molecule has 3 aromatic rings. The first-order valence-electron chi connectivity index (χ1n) is 8.32. The van der Waals surface area contributed by atoms with Gasteiger partial charge in [-0.3, -0.25) is 14.5 Å². The molecule has 25 heavy (non-hydrogen) atoms. The van der Waals surface area contributed by atoms with Crippen LogP contribution in [0.4, 0.5) is 0 Å². The molecule has 3 heterocycles. The number of aromatic amines is 1. The molecule has 1 aliphatic carbocycles. The monoisotopic (exact) mass is 342 g/mol. The maximum atomic E-state index is 12.7. The van der Waals surface area contributed by atoms with Crippen LogP contribution in [0.1, 0.15) is 54.2 Å². The maximum absolute atomic E-state index is 12.7. The number of carboxylic acids is 1. The van der Waals surface area contributed by atoms with Crippen LogP contribution in [0.3, 0.4) is 0 Å². The highest BCUT2D eigenvalue weighted by molar-refractivity contribution is 5.87. The van der Waals surface area contributed by atoms with Crippen molar-refractivity contribution in [2.75, 3.05) is 0 Å². The van der Waals surface area contributed by atoms with Crippen molar-refractivity contribution in [3.05, 3.63) is 34.0 Å². The van der Waals surface area contributed by atoms with Gasteiger partial charge in [-0.05, 0) is 19.8 Å². The zero-order chi connectivity index (χ0) is 17.6. The summed E-state index contributed by atoms with van der Waals surface area (Å²) in [5.41, 5.74) is 1.41. The van der Waals surface area contributed by atoms with Crippen LogP contribution in [0.25, 0.3) is 17.0 Å². The van der Waals surface area contributed by atoms with Gasteiger partial charge in [-0.2, -0.15) is 10.2 Å². The number of H-pyrrole nitrogens is 1. The molecule has 3 aromatic heterocycles. The van der Waals surface area contributed by atoms with Crippen LogP contribution in [0.5, 0.6) is 0 Å². The molecule has 0 atom stereocenters. The molecule has 2 N–H and O–H groups in total. The van der Waals surface area contributed by atoms with Crippen LogP contribution in [0, 0.1) is 6.92 Å². The standard InChI is InChI=1S/C16H18N6O3/c1-9-12-13(22(20-9)11-5-3-2-4-6-11)14(23)19-16(18-12)21-8-10(7-17-21)15(24)25/h7-8,11H,2-6H2,1H3,(H,24,25)(H,18,19,23). The van der Waals surface area contributed by atoms with Crippen molar-refractivity contribution in [1.82, 2.24) is 29.5 Å². The number of aromatic carboxylic acids is 1. The number of rotatable bonds is 3. The van der Waals surface area contributed by atoms with E-state index in [2.05, 4.69) is 20.2 Å². The molecule has 1 saturated carbocycles. The molecule has 130 valence electrons. The average Bonchev–Trinajstić information content (AvgIpc) is 3.22. The lowest BCUT2D eigenvalue weighted by atomic mass is 9.95. The second-order valence-corrected chi connectivity index (χ2v) is 6.39. The predicted octanol–water partition coefficient (Wildman–Crippen LogP) is 1.82. The molecule has 0 radical (unpaired) electrons. The molecule has 0 aliphatic heterocycles. The first kappa shape index (κ1) is 15.6. The van der Waals surface area contributed by atoms with E-state index in [0.29, 0.717) is 16.7 Å². The first-order chi connectivity index (χ1) is 12.0. The highest BCUT2D eigenvalue weighted by atomic mass is 16.4. The van der Waals surface area contributed by atoms with Crippen LogP contribution in [-0.2, 0) is 0 Å². The van der Waals surface area contributed by atoms with Crippen molar-refractivity contribution >= 4 is 17.0 Å². The fraction of sp³-hybridized carbons (Fsp3) is 0.438. The lowest BCUT2D eigenvalue weighted by Gasteiger charge is -2.22. The summed E-state index contributed by atoms with van der Waals surface area (Å²) in [6.45, 7) is 1.82. The first-order valence-corrected chi connectivity index (χ1v) is 8.32. The number of aromatic nitrogens is 6. The van der Waals surface area contributed by atoms with E-state index in [1.165, 1.54) is 23.5 Å². The number of nitrogens with zero attached hydrogens (tertiary/aromatic N) is 5. The Labute approximate surface area is 142 Å². The summed E-state index contributed by atoms with van der Waals surface area (Å²) in [6.07, 6.45) is 8.05. The smallest absolute Gasteiger partial charge is 0.338 e. The third kappa shape index (κ3) is 2.61. The number of hydrogen-bond donors (Lipinski definition) is 2. The molecule has 1 fully saturated rings. The summed E-state index contributed by atoms with van der Waals surface area (Å²) in [7, 11) is 0. The second-order valence-electron chi connectivity index (χ2n) is 6.39. The van der Waals surface area contributed by atoms with E-state index in [1.54, 1.807) is 0 Å². The highest BCUT2D eigenvalue weighted by Gasteiger charge is 2.23. The third-order valence-corrected chi connectivity index (χ3v) is 4.68. The fourth-order valence-electron chi connectivity index (χ4n) is 3.43. The lowest BCUT2D eigenvalue weighted by molar-refractivity contribution is 0.0697. The molecule has 0 unspecified atom stereocenters. The van der Waals surface area contributed by atoms with Crippen LogP contribution in [-0.4, -0.2) is 40.6 Å². The Morgan fingerprint density at radius 3 is 2.76 bits per heavy atom. The van der Waals surface area contributed by atoms with Gasteiger partial charge < -0.3 is 5.11 Å². The van der Waals surface area contributed by atoms with Crippen LogP contribution >= 0.6 is 0 Å². The van der Waals surface area contributed by atoms with Gasteiger partial charge in [-0.15, -0.1) is 0 Å². The fourth-order valence-corrected chi connectivity index (χ4v) is 3.43. The van der Waals surface area contributed by atoms with Gasteiger partial charge in [0.15, 0.2) is 5.52 Å². The molecule has 0 bridgehead atoms. The van der Waals surface area contributed by atoms with Crippen molar-refractivity contribution in [2.45, 2.75) is 45.1 Å². The van der Waals surface area contributed by atoms with Crippen molar-refractivity contribution in [3.63, 3.8) is 0 Å². The van der Waals surface area contributed by atoms with E-state index in [4.69, 9.17) is 5.11 Å². The molecule has 0 amide bonds. The molecule has 9 heteroatoms. The van der Waals surface area contributed by atoms with Gasteiger partial charge in [-0.25, -0.2) is 14.5 Å². The summed E-state index contributed by atoms with van der Waals surface area (Å²) in [5.74, 6) is -0.910. The zero-order valence-electron chi connectivity index (χ0n) is 13.8. The summed E-state index contributed by atoms with van der Waals surface area (Å²) in [6, 6.07) is 0.224. The van der Waals surface area contributed by atoms with Crippen LogP contribution in [0.15, 0.2) is 17.2 Å². The largest absolute Gasteiger partial charge is 0.478 e. The van der Waals surface area contributed by atoms with Gasteiger partial charge in [-0.1, -0.05) is 19.3 Å². The Bertz CT molecular complexity index is 1010. The van der Waals surface area contributed by atoms with E-state index in [-0.39, 0.29) is 23.1 Å². The number of fused-ring (bicyclic) bond motifs is 1. The minimum Gasteiger partial charge on any atom is -0.478 e. The summed E-state index contributed by atoms with van der Waals surface area (Å²) in [4.78, 5) is 30.8. The van der Waals surface area contributed by atoms with E-state index in [1.807, 2.05) is 11.6 Å². The van der Waals surface area contributed by atoms with Crippen molar-refractivity contribution < 1.29 is 9.90 Å². The lowest BCUT2D eigenvalue weighted by Crippen LogP contribution is -2.20. The Morgan fingerprint density at radius 2 is 2.08 bits per heavy atom. The Balaban J connectivity index is 1.83. The SMILES string of the molecule is Cc1nn(C2CCCCC2)c2c(=O)[nH]c(-n3cc(C(=O)O)cn3)nc12. The summed E-state index contributed by atoms with van der Waals surface area (Å²) in [5, 5.41) is 17.5. The minimum absolute atomic E-state index is 0.0253. The maximum Gasteiger partial charge on any atom is 0.338 e. The number of carbonyl (C=O) groups is 1. The molecule has 0 saturated heterocycles. The van der Waals surface area contributed by atoms with Gasteiger partial charge >= 0.3 is 5.97 Å². The molecule has 4 rings (SSSR count). The van der Waals surface area contributed by atoms with Crippen molar-refractivity contribution in [3.8, 4) is 5.95 Å². The number of aryl methyl sites for hydroxylation is 1. The van der Waals surface area contributed by atoms with Crippen molar-refractivity contribution in [1.29, 1.82) is 0 Å². The second kappa shape index (κ2) is 5.83. The van der Waals surface area contributed by atoms with E-state index in [9.17, 15) is 9.59 Å². The molecule has 9 nitrogen and oxygen atoms in total. The van der Waals surface area contributed by atoms with Gasteiger partial charge in [0.25, 0.3) is 5.56 Å². The summed E-state index contributed by atoms with van der Waals surface area (Å²) < 4.78 is 3.06. The third-order valence-electron chi connectivity index (χ3n) is 4.68. The van der Waals surface area contributed by atoms with Gasteiger partial charge in [0.2, 0.25) is 5.95 Å². The Kier molecular flexibility index (Phi) is 3.63. The summed E-state index contributed by atoms with van der Waals surface area (Å²) >= 11 is 0. The van der Waals surface area contributed by atoms with Gasteiger partial charge in [0.05, 0.1) is 23.5 Å². The highest BCUT2D eigenvalue weighted by Crippen LogP contribution is 2.30. The minimum atomic E-state index is -1.09. The quantitative estimate of drug-likeness (QED) is 0.749. The zero-order valence-corrected chi connectivity index (χ0v) is 13.8. The number of hydrogen-bond acceptors (Lipinski definition) is 5. The Morgan fingerprint density at radius 1 is 1.32 bits per heavy atom. The molecule has 0 spiro atoms. The van der Waals surface area contributed by atoms with Crippen LogP contribution in [0.2, 0.25) is 0 Å². The van der Waals surface area contributed by atoms with E-state index >= 15 is 0 Å². The molecular weight excluding hydrogens is 324 g/mol. The van der Waals surface area contributed by atoms with E-state index < -0.39 is 5.97 Å². The molecule has 0 aromatic carbocycles. The van der Waals surface area contributed by atoms with Gasteiger partial charge in [0, 0.05) is 6.20 Å². The number of carboxylic acid groups (broad SMARTS) is 1. The van der Waals surface area contributed by atoms with Gasteiger partial charge in [0.1, 0.15) is 5.52 Å². The molecule has 1 aliphatic rings. The topological polar surface area (TPSA) is 119 Å².